The van der Waals surface area contributed by atoms with E-state index in [2.05, 4.69) is 6.92 Å². The van der Waals surface area contributed by atoms with Crippen molar-refractivity contribution in [3.63, 3.8) is 0 Å². The zero-order valence-electron chi connectivity index (χ0n) is 9.15. The number of fused-ring (bicyclic) bond motifs is 2. The fourth-order valence-corrected chi connectivity index (χ4v) is 3.59. The highest BCUT2D eigenvalue weighted by Gasteiger charge is 2.43. The minimum Gasteiger partial charge on any atom is -0.0654 e. The van der Waals surface area contributed by atoms with Gasteiger partial charge in [0.1, 0.15) is 0 Å². The summed E-state index contributed by atoms with van der Waals surface area (Å²) in [6, 6.07) is 0. The minimum absolute atomic E-state index is 0.860. The van der Waals surface area contributed by atoms with Crippen molar-refractivity contribution < 1.29 is 0 Å². The smallest absolute Gasteiger partial charge is 0.0295 e. The second-order valence-corrected chi connectivity index (χ2v) is 5.46. The monoisotopic (exact) mass is 180 g/mol. The highest BCUT2D eigenvalue weighted by Crippen LogP contribution is 2.56. The van der Waals surface area contributed by atoms with Crippen molar-refractivity contribution in [2.75, 3.05) is 0 Å². The van der Waals surface area contributed by atoms with Crippen LogP contribution in [0.5, 0.6) is 0 Å². The van der Waals surface area contributed by atoms with Crippen LogP contribution in [0.2, 0.25) is 0 Å². The van der Waals surface area contributed by atoms with E-state index in [1.165, 1.54) is 25.7 Å². The van der Waals surface area contributed by atoms with E-state index in [9.17, 15) is 0 Å². The predicted octanol–water partition coefficient (Wildman–Crippen LogP) is 4.54. The first-order valence-electron chi connectivity index (χ1n) is 6.35. The van der Waals surface area contributed by atoms with Crippen molar-refractivity contribution in [1.82, 2.24) is 0 Å². The largest absolute Gasteiger partial charge is 0.0654 e. The Labute approximate surface area is 83.1 Å². The standard InChI is InChI=1S/C13H24/c1-2-3-4-5-8-13-9-6-12(11-13)7-10-13/h12H,2-11H2,1H3. The zero-order chi connectivity index (χ0) is 9.15. The molecule has 2 fully saturated rings. The van der Waals surface area contributed by atoms with Crippen LogP contribution in [-0.2, 0) is 0 Å². The Kier molecular flexibility index (Phi) is 2.96. The molecule has 0 unspecified atom stereocenters. The van der Waals surface area contributed by atoms with Crippen LogP contribution in [-0.4, -0.2) is 0 Å². The van der Waals surface area contributed by atoms with E-state index in [0.29, 0.717) is 0 Å². The summed E-state index contributed by atoms with van der Waals surface area (Å²) in [5, 5.41) is 0. The van der Waals surface area contributed by atoms with Gasteiger partial charge in [-0.25, -0.2) is 0 Å². The van der Waals surface area contributed by atoms with Crippen LogP contribution in [0.25, 0.3) is 0 Å². The molecule has 0 spiro atoms. The van der Waals surface area contributed by atoms with E-state index >= 15 is 0 Å². The van der Waals surface area contributed by atoms with Crippen molar-refractivity contribution in [2.45, 2.75) is 71.1 Å². The molecule has 0 saturated heterocycles. The van der Waals surface area contributed by atoms with Crippen LogP contribution >= 0.6 is 0 Å². The Hall–Kier alpha value is 0. The lowest BCUT2D eigenvalue weighted by Gasteiger charge is -2.26. The molecule has 2 rings (SSSR count). The fourth-order valence-electron chi connectivity index (χ4n) is 3.59. The molecule has 0 aliphatic heterocycles. The van der Waals surface area contributed by atoms with Crippen LogP contribution in [0.4, 0.5) is 0 Å². The van der Waals surface area contributed by atoms with Crippen LogP contribution in [0.3, 0.4) is 0 Å². The van der Waals surface area contributed by atoms with Gasteiger partial charge in [-0.2, -0.15) is 0 Å². The summed E-state index contributed by atoms with van der Waals surface area (Å²) in [5.74, 6) is 1.14. The molecule has 2 saturated carbocycles. The first-order chi connectivity index (χ1) is 6.35. The maximum Gasteiger partial charge on any atom is -0.0295 e. The molecule has 0 N–H and O–H groups in total. The highest BCUT2D eigenvalue weighted by molar-refractivity contribution is 4.95. The zero-order valence-corrected chi connectivity index (χ0v) is 9.15. The first-order valence-corrected chi connectivity index (χ1v) is 6.35. The number of hydrogen-bond acceptors (Lipinski definition) is 0. The second-order valence-electron chi connectivity index (χ2n) is 5.46. The van der Waals surface area contributed by atoms with E-state index in [1.54, 1.807) is 38.5 Å². The molecular weight excluding hydrogens is 156 g/mol. The summed E-state index contributed by atoms with van der Waals surface area (Å²) in [7, 11) is 0. The SMILES string of the molecule is CCCCCCC12CCC(CC1)C2. The molecular formula is C13H24. The molecule has 2 aliphatic rings. The summed E-state index contributed by atoms with van der Waals surface area (Å²) in [5.41, 5.74) is 0.860. The molecule has 0 radical (unpaired) electrons. The number of unbranched alkanes of at least 4 members (excludes halogenated alkanes) is 3. The van der Waals surface area contributed by atoms with Gasteiger partial charge < -0.3 is 0 Å². The van der Waals surface area contributed by atoms with Gasteiger partial charge in [-0.05, 0) is 49.9 Å². The topological polar surface area (TPSA) is 0 Å². The average molecular weight is 180 g/mol. The Morgan fingerprint density at radius 3 is 2.38 bits per heavy atom. The predicted molar refractivity (Wildman–Crippen MR) is 57.8 cm³/mol. The molecule has 76 valence electrons. The van der Waals surface area contributed by atoms with E-state index in [1.807, 2.05) is 0 Å². The Morgan fingerprint density at radius 2 is 1.85 bits per heavy atom. The van der Waals surface area contributed by atoms with Crippen LogP contribution in [0, 0.1) is 11.3 Å². The van der Waals surface area contributed by atoms with Crippen molar-refractivity contribution in [3.05, 3.63) is 0 Å². The maximum atomic E-state index is 2.31. The van der Waals surface area contributed by atoms with Gasteiger partial charge in [0.05, 0.1) is 0 Å². The van der Waals surface area contributed by atoms with Gasteiger partial charge in [-0.15, -0.1) is 0 Å². The van der Waals surface area contributed by atoms with E-state index in [0.717, 1.165) is 11.3 Å². The quantitative estimate of drug-likeness (QED) is 0.545. The van der Waals surface area contributed by atoms with Gasteiger partial charge >= 0.3 is 0 Å². The first kappa shape index (κ1) is 9.55. The Morgan fingerprint density at radius 1 is 1.08 bits per heavy atom. The van der Waals surface area contributed by atoms with Gasteiger partial charge in [0.15, 0.2) is 0 Å². The molecule has 0 amide bonds. The molecule has 2 aliphatic carbocycles. The van der Waals surface area contributed by atoms with E-state index < -0.39 is 0 Å². The van der Waals surface area contributed by atoms with Gasteiger partial charge in [0.2, 0.25) is 0 Å². The van der Waals surface area contributed by atoms with Crippen molar-refractivity contribution in [1.29, 1.82) is 0 Å². The summed E-state index contributed by atoms with van der Waals surface area (Å²) in [6.45, 7) is 2.31. The normalized spacial score (nSPS) is 37.2. The van der Waals surface area contributed by atoms with Crippen LogP contribution in [0.15, 0.2) is 0 Å². The van der Waals surface area contributed by atoms with E-state index in [-0.39, 0.29) is 0 Å². The third-order valence-electron chi connectivity index (χ3n) is 4.45. The van der Waals surface area contributed by atoms with Crippen LogP contribution < -0.4 is 0 Å². The van der Waals surface area contributed by atoms with Crippen molar-refractivity contribution in [3.8, 4) is 0 Å². The Balaban J connectivity index is 1.69. The summed E-state index contributed by atoms with van der Waals surface area (Å²) in [4.78, 5) is 0. The Bertz CT molecular complexity index is 151. The molecule has 2 bridgehead atoms. The minimum atomic E-state index is 0.860. The lowest BCUT2D eigenvalue weighted by atomic mass is 9.79. The van der Waals surface area contributed by atoms with Crippen molar-refractivity contribution >= 4 is 0 Å². The molecule has 0 aromatic carbocycles. The molecule has 0 heteroatoms. The molecule has 0 aromatic heterocycles. The fraction of sp³-hybridized carbons (Fsp3) is 1.00. The molecule has 0 heterocycles. The summed E-state index contributed by atoms with van der Waals surface area (Å²) in [6.07, 6.45) is 15.3. The van der Waals surface area contributed by atoms with Gasteiger partial charge in [-0.1, -0.05) is 32.6 Å². The lowest BCUT2D eigenvalue weighted by molar-refractivity contribution is 0.260. The van der Waals surface area contributed by atoms with Crippen molar-refractivity contribution in [2.24, 2.45) is 11.3 Å². The molecule has 0 atom stereocenters. The second kappa shape index (κ2) is 4.02. The number of hydrogen-bond donors (Lipinski definition) is 0. The van der Waals surface area contributed by atoms with Gasteiger partial charge in [0, 0.05) is 0 Å². The lowest BCUT2D eigenvalue weighted by Crippen LogP contribution is -2.13. The van der Waals surface area contributed by atoms with E-state index in [4.69, 9.17) is 0 Å². The van der Waals surface area contributed by atoms with Gasteiger partial charge in [-0.3, -0.25) is 0 Å². The van der Waals surface area contributed by atoms with Crippen LogP contribution in [0.1, 0.15) is 71.1 Å². The molecule has 0 aromatic rings. The van der Waals surface area contributed by atoms with Gasteiger partial charge in [0.25, 0.3) is 0 Å². The average Bonchev–Trinajstić information content (AvgIpc) is 2.72. The summed E-state index contributed by atoms with van der Waals surface area (Å²) < 4.78 is 0. The molecule has 0 nitrogen and oxygen atoms in total. The third-order valence-corrected chi connectivity index (χ3v) is 4.45. The maximum absolute atomic E-state index is 2.31. The third kappa shape index (κ3) is 2.08. The number of rotatable bonds is 5. The molecule has 13 heavy (non-hydrogen) atoms. The highest BCUT2D eigenvalue weighted by atomic mass is 14.5. The summed E-state index contributed by atoms with van der Waals surface area (Å²) >= 11 is 0.